The molecule has 0 aliphatic rings. The van der Waals surface area contributed by atoms with E-state index in [1.807, 2.05) is 13.0 Å². The fourth-order valence-electron chi connectivity index (χ4n) is 2.65. The number of anilines is 1. The zero-order valence-corrected chi connectivity index (χ0v) is 18.2. The van der Waals surface area contributed by atoms with Crippen molar-refractivity contribution in [3.8, 4) is 0 Å². The minimum atomic E-state index is -3.92. The number of pyridine rings is 1. The predicted octanol–water partition coefficient (Wildman–Crippen LogP) is 3.66. The molecule has 3 aromatic rings. The van der Waals surface area contributed by atoms with Gasteiger partial charge in [0, 0.05) is 23.4 Å². The molecule has 29 heavy (non-hydrogen) atoms. The van der Waals surface area contributed by atoms with E-state index in [9.17, 15) is 13.2 Å². The first-order valence-corrected chi connectivity index (χ1v) is 11.1. The van der Waals surface area contributed by atoms with Gasteiger partial charge in [-0.1, -0.05) is 39.7 Å². The van der Waals surface area contributed by atoms with E-state index in [4.69, 9.17) is 0 Å². The average molecular weight is 474 g/mol. The van der Waals surface area contributed by atoms with Gasteiger partial charge in [-0.25, -0.2) is 8.42 Å². The first kappa shape index (κ1) is 21.0. The van der Waals surface area contributed by atoms with Gasteiger partial charge in [-0.05, 0) is 55.0 Å². The maximum absolute atomic E-state index is 13.3. The molecule has 1 amide bonds. The van der Waals surface area contributed by atoms with E-state index >= 15 is 0 Å². The third-order valence-corrected chi connectivity index (χ3v) is 6.54. The van der Waals surface area contributed by atoms with E-state index in [0.717, 1.165) is 19.9 Å². The molecule has 0 aliphatic heterocycles. The summed E-state index contributed by atoms with van der Waals surface area (Å²) in [5.41, 5.74) is 2.19. The highest BCUT2D eigenvalue weighted by Crippen LogP contribution is 2.25. The molecule has 3 rings (SSSR count). The zero-order valence-electron chi connectivity index (χ0n) is 15.7. The molecule has 0 fully saturated rings. The molecule has 1 heterocycles. The van der Waals surface area contributed by atoms with Crippen LogP contribution in [0.1, 0.15) is 11.1 Å². The number of aryl methyl sites for hydroxylation is 1. The maximum atomic E-state index is 13.3. The number of rotatable bonds is 7. The van der Waals surface area contributed by atoms with Gasteiger partial charge in [0.25, 0.3) is 10.0 Å². The standard InChI is InChI=1S/C21H20BrN3O3S/c1-16-4-10-20(11-5-16)29(27,28)25(19-8-6-18(22)7-9-19)15-21(26)24-14-17-3-2-12-23-13-17/h2-13H,14-15H2,1H3,(H,24,26). The van der Waals surface area contributed by atoms with Crippen molar-refractivity contribution in [3.63, 3.8) is 0 Å². The first-order chi connectivity index (χ1) is 13.9. The molecular formula is C21H20BrN3O3S. The summed E-state index contributed by atoms with van der Waals surface area (Å²) in [5.74, 6) is -0.410. The molecule has 0 spiro atoms. The lowest BCUT2D eigenvalue weighted by atomic mass is 10.2. The molecule has 150 valence electrons. The molecule has 0 radical (unpaired) electrons. The van der Waals surface area contributed by atoms with E-state index in [0.29, 0.717) is 5.69 Å². The number of hydrogen-bond acceptors (Lipinski definition) is 4. The van der Waals surface area contributed by atoms with Crippen molar-refractivity contribution >= 4 is 37.5 Å². The van der Waals surface area contributed by atoms with E-state index in [1.165, 1.54) is 0 Å². The number of nitrogens with one attached hydrogen (secondary N) is 1. The molecule has 0 saturated carbocycles. The Kier molecular flexibility index (Phi) is 6.66. The number of sulfonamides is 1. The van der Waals surface area contributed by atoms with Gasteiger partial charge in [0.05, 0.1) is 10.6 Å². The third-order valence-electron chi connectivity index (χ3n) is 4.22. The summed E-state index contributed by atoms with van der Waals surface area (Å²) in [5, 5.41) is 2.75. The quantitative estimate of drug-likeness (QED) is 0.567. The second-order valence-corrected chi connectivity index (χ2v) is 9.22. The van der Waals surface area contributed by atoms with Crippen LogP contribution < -0.4 is 9.62 Å². The van der Waals surface area contributed by atoms with Crippen LogP contribution in [0.2, 0.25) is 0 Å². The fraction of sp³-hybridized carbons (Fsp3) is 0.143. The largest absolute Gasteiger partial charge is 0.350 e. The Hall–Kier alpha value is -2.71. The Labute approximate surface area is 178 Å². The van der Waals surface area contributed by atoms with Crippen LogP contribution >= 0.6 is 15.9 Å². The second-order valence-electron chi connectivity index (χ2n) is 6.44. The minimum absolute atomic E-state index is 0.131. The predicted molar refractivity (Wildman–Crippen MR) is 116 cm³/mol. The van der Waals surface area contributed by atoms with Crippen LogP contribution in [-0.4, -0.2) is 25.9 Å². The minimum Gasteiger partial charge on any atom is -0.350 e. The van der Waals surface area contributed by atoms with Gasteiger partial charge in [-0.2, -0.15) is 0 Å². The smallest absolute Gasteiger partial charge is 0.264 e. The van der Waals surface area contributed by atoms with E-state index < -0.39 is 15.9 Å². The van der Waals surface area contributed by atoms with Gasteiger partial charge in [0.1, 0.15) is 6.54 Å². The van der Waals surface area contributed by atoms with Crippen LogP contribution in [0.5, 0.6) is 0 Å². The van der Waals surface area contributed by atoms with Crippen molar-refractivity contribution in [2.24, 2.45) is 0 Å². The van der Waals surface area contributed by atoms with Crippen molar-refractivity contribution < 1.29 is 13.2 Å². The van der Waals surface area contributed by atoms with Crippen LogP contribution in [-0.2, 0) is 21.4 Å². The first-order valence-electron chi connectivity index (χ1n) is 8.87. The number of halogens is 1. The van der Waals surface area contributed by atoms with Crippen LogP contribution in [0.15, 0.2) is 82.4 Å². The Morgan fingerprint density at radius 1 is 1.07 bits per heavy atom. The lowest BCUT2D eigenvalue weighted by Crippen LogP contribution is -2.40. The number of benzene rings is 2. The average Bonchev–Trinajstić information content (AvgIpc) is 2.72. The summed E-state index contributed by atoms with van der Waals surface area (Å²) in [6, 6.07) is 17.0. The summed E-state index contributed by atoms with van der Waals surface area (Å²) in [4.78, 5) is 16.7. The van der Waals surface area contributed by atoms with Gasteiger partial charge in [-0.3, -0.25) is 14.1 Å². The van der Waals surface area contributed by atoms with Gasteiger partial charge in [0.2, 0.25) is 5.91 Å². The summed E-state index contributed by atoms with van der Waals surface area (Å²) in [6.07, 6.45) is 3.30. The third kappa shape index (κ3) is 5.42. The Morgan fingerprint density at radius 3 is 2.38 bits per heavy atom. The summed E-state index contributed by atoms with van der Waals surface area (Å²) >= 11 is 3.35. The molecule has 0 saturated heterocycles. The van der Waals surface area contributed by atoms with E-state index in [2.05, 4.69) is 26.2 Å². The van der Waals surface area contributed by atoms with Crippen LogP contribution in [0.4, 0.5) is 5.69 Å². The molecule has 1 aromatic heterocycles. The summed E-state index contributed by atoms with van der Waals surface area (Å²) < 4.78 is 28.5. The summed E-state index contributed by atoms with van der Waals surface area (Å²) in [6.45, 7) is 1.82. The number of carbonyl (C=O) groups excluding carboxylic acids is 1. The highest BCUT2D eigenvalue weighted by molar-refractivity contribution is 9.10. The van der Waals surface area contributed by atoms with Crippen LogP contribution in [0.3, 0.4) is 0 Å². The van der Waals surface area contributed by atoms with E-state index in [1.54, 1.807) is 67.0 Å². The Bertz CT molecular complexity index is 1070. The molecule has 0 aliphatic carbocycles. The number of nitrogens with zero attached hydrogens (tertiary/aromatic N) is 2. The zero-order chi connectivity index (χ0) is 20.9. The van der Waals surface area contributed by atoms with Crippen molar-refractivity contribution in [1.82, 2.24) is 10.3 Å². The lowest BCUT2D eigenvalue weighted by molar-refractivity contribution is -0.119. The normalized spacial score (nSPS) is 11.1. The van der Waals surface area contributed by atoms with Gasteiger partial charge >= 0.3 is 0 Å². The number of amides is 1. The van der Waals surface area contributed by atoms with Gasteiger partial charge in [-0.15, -0.1) is 0 Å². The highest BCUT2D eigenvalue weighted by Gasteiger charge is 2.27. The van der Waals surface area contributed by atoms with Gasteiger partial charge < -0.3 is 5.32 Å². The van der Waals surface area contributed by atoms with Crippen molar-refractivity contribution in [1.29, 1.82) is 0 Å². The molecule has 8 heteroatoms. The monoisotopic (exact) mass is 473 g/mol. The molecule has 0 atom stereocenters. The molecule has 1 N–H and O–H groups in total. The molecule has 2 aromatic carbocycles. The van der Waals surface area contributed by atoms with Crippen LogP contribution in [0, 0.1) is 6.92 Å². The second kappa shape index (κ2) is 9.19. The Morgan fingerprint density at radius 2 is 1.76 bits per heavy atom. The molecule has 0 unspecified atom stereocenters. The highest BCUT2D eigenvalue weighted by atomic mass is 79.9. The van der Waals surface area contributed by atoms with E-state index in [-0.39, 0.29) is 18.0 Å². The molecule has 0 bridgehead atoms. The Balaban J connectivity index is 1.86. The fourth-order valence-corrected chi connectivity index (χ4v) is 4.33. The van der Waals surface area contributed by atoms with Crippen molar-refractivity contribution in [2.75, 3.05) is 10.8 Å². The summed E-state index contributed by atoms with van der Waals surface area (Å²) in [7, 11) is -3.92. The molecule has 6 nitrogen and oxygen atoms in total. The number of hydrogen-bond donors (Lipinski definition) is 1. The lowest BCUT2D eigenvalue weighted by Gasteiger charge is -2.24. The maximum Gasteiger partial charge on any atom is 0.264 e. The molecular weight excluding hydrogens is 454 g/mol. The van der Waals surface area contributed by atoms with Crippen molar-refractivity contribution in [3.05, 3.63) is 88.7 Å². The number of carbonyl (C=O) groups is 1. The topological polar surface area (TPSA) is 79.4 Å². The SMILES string of the molecule is Cc1ccc(S(=O)(=O)N(CC(=O)NCc2cccnc2)c2ccc(Br)cc2)cc1. The van der Waals surface area contributed by atoms with Gasteiger partial charge in [0.15, 0.2) is 0 Å². The van der Waals surface area contributed by atoms with Crippen LogP contribution in [0.25, 0.3) is 0 Å². The van der Waals surface area contributed by atoms with Crippen molar-refractivity contribution in [2.45, 2.75) is 18.4 Å². The number of aromatic nitrogens is 1.